The molecule has 3 aromatic carbocycles. The molecule has 0 radical (unpaired) electrons. The number of nitrogens with one attached hydrogen (secondary N) is 2. The van der Waals surface area contributed by atoms with E-state index in [1.807, 2.05) is 30.3 Å². The Kier molecular flexibility index (Phi) is 7.20. The van der Waals surface area contributed by atoms with Crippen molar-refractivity contribution in [3.05, 3.63) is 100 Å². The second kappa shape index (κ2) is 10.3. The predicted molar refractivity (Wildman–Crippen MR) is 138 cm³/mol. The molecule has 1 aromatic heterocycles. The average molecular weight is 527 g/mol. The van der Waals surface area contributed by atoms with Crippen LogP contribution in [0.25, 0.3) is 10.4 Å². The van der Waals surface area contributed by atoms with Gasteiger partial charge in [-0.3, -0.25) is 9.52 Å². The van der Waals surface area contributed by atoms with Crippen LogP contribution >= 0.6 is 22.9 Å². The van der Waals surface area contributed by atoms with E-state index in [4.69, 9.17) is 16.3 Å². The van der Waals surface area contributed by atoms with E-state index in [9.17, 15) is 18.0 Å². The van der Waals surface area contributed by atoms with Gasteiger partial charge in [-0.1, -0.05) is 54.1 Å². The summed E-state index contributed by atoms with van der Waals surface area (Å²) < 4.78 is 33.0. The van der Waals surface area contributed by atoms with Crippen molar-refractivity contribution in [3.8, 4) is 10.4 Å². The number of hydrogen-bond acceptors (Lipinski definition) is 6. The summed E-state index contributed by atoms with van der Waals surface area (Å²) in [6.07, 6.45) is 0. The molecule has 2 N–H and O–H groups in total. The van der Waals surface area contributed by atoms with E-state index in [2.05, 4.69) is 10.0 Å². The lowest BCUT2D eigenvalue weighted by molar-refractivity contribution is 0.0607. The molecule has 0 spiro atoms. The minimum Gasteiger partial charge on any atom is -0.465 e. The number of benzene rings is 3. The molecule has 10 heteroatoms. The first-order valence-corrected chi connectivity index (χ1v) is 12.9. The number of rotatable bonds is 7. The molecule has 1 amide bonds. The number of carbonyl (C=O) groups is 2. The van der Waals surface area contributed by atoms with Crippen molar-refractivity contribution < 1.29 is 22.7 Å². The molecule has 0 aliphatic heterocycles. The lowest BCUT2D eigenvalue weighted by atomic mass is 10.1. The molecule has 0 aliphatic carbocycles. The molecule has 0 bridgehead atoms. The second-order valence-corrected chi connectivity index (χ2v) is 10.4. The quantitative estimate of drug-likeness (QED) is 0.291. The van der Waals surface area contributed by atoms with Crippen LogP contribution in [-0.2, 0) is 14.8 Å². The molecule has 0 saturated heterocycles. The zero-order valence-corrected chi connectivity index (χ0v) is 20.7. The van der Waals surface area contributed by atoms with Gasteiger partial charge in [0.05, 0.1) is 28.9 Å². The van der Waals surface area contributed by atoms with Gasteiger partial charge in [0, 0.05) is 9.90 Å². The van der Waals surface area contributed by atoms with Crippen LogP contribution in [0.4, 0.5) is 11.4 Å². The molecule has 7 nitrogen and oxygen atoms in total. The molecule has 0 fully saturated rings. The third kappa shape index (κ3) is 5.54. The number of hydrogen-bond donors (Lipinski definition) is 2. The summed E-state index contributed by atoms with van der Waals surface area (Å²) in [5.41, 5.74) is 1.30. The normalized spacial score (nSPS) is 11.0. The molecular formula is C25H19ClN2O5S2. The van der Waals surface area contributed by atoms with E-state index in [0.717, 1.165) is 10.4 Å². The van der Waals surface area contributed by atoms with Crippen molar-refractivity contribution in [2.45, 2.75) is 4.90 Å². The Balaban J connectivity index is 1.65. The molecule has 1 heterocycles. The maximum Gasteiger partial charge on any atom is 0.350 e. The third-order valence-electron chi connectivity index (χ3n) is 4.95. The summed E-state index contributed by atoms with van der Waals surface area (Å²) >= 11 is 7.04. The van der Waals surface area contributed by atoms with Crippen LogP contribution in [0.1, 0.15) is 20.0 Å². The summed E-state index contributed by atoms with van der Waals surface area (Å²) in [6.45, 7) is 0. The van der Waals surface area contributed by atoms with Crippen LogP contribution in [0, 0.1) is 0 Å². The van der Waals surface area contributed by atoms with Gasteiger partial charge < -0.3 is 10.1 Å². The SMILES string of the molecule is COC(=O)c1sc(-c2ccccc2)cc1NC(=O)c1ccccc1NS(=O)(=O)c1ccc(Cl)cc1. The number of esters is 1. The van der Waals surface area contributed by atoms with Crippen molar-refractivity contribution in [2.75, 3.05) is 17.1 Å². The standard InChI is InChI=1S/C25H19ClN2O5S2/c1-33-25(30)23-21(15-22(34-23)16-7-3-2-4-8-16)27-24(29)19-9-5-6-10-20(19)28-35(31,32)18-13-11-17(26)12-14-18/h2-15,28H,1H3,(H,27,29). The van der Waals surface area contributed by atoms with Gasteiger partial charge in [0.2, 0.25) is 0 Å². The van der Waals surface area contributed by atoms with Gasteiger partial charge in [0.1, 0.15) is 4.88 Å². The Morgan fingerprint density at radius 3 is 2.23 bits per heavy atom. The van der Waals surface area contributed by atoms with Crippen molar-refractivity contribution >= 4 is 56.2 Å². The topological polar surface area (TPSA) is 102 Å². The number of ether oxygens (including phenoxy) is 1. The highest BCUT2D eigenvalue weighted by Crippen LogP contribution is 2.36. The van der Waals surface area contributed by atoms with Gasteiger partial charge in [-0.05, 0) is 48.0 Å². The number of halogens is 1. The Morgan fingerprint density at radius 2 is 1.54 bits per heavy atom. The minimum absolute atomic E-state index is 0.00423. The highest BCUT2D eigenvalue weighted by atomic mass is 35.5. The van der Waals surface area contributed by atoms with Crippen LogP contribution in [0.5, 0.6) is 0 Å². The maximum absolute atomic E-state index is 13.2. The zero-order chi connectivity index (χ0) is 25.0. The summed E-state index contributed by atoms with van der Waals surface area (Å²) in [5.74, 6) is -1.19. The minimum atomic E-state index is -3.98. The van der Waals surface area contributed by atoms with Crippen LogP contribution in [0.2, 0.25) is 5.02 Å². The van der Waals surface area contributed by atoms with Gasteiger partial charge in [-0.15, -0.1) is 11.3 Å². The van der Waals surface area contributed by atoms with E-state index < -0.39 is 21.9 Å². The molecule has 0 atom stereocenters. The van der Waals surface area contributed by atoms with Gasteiger partial charge >= 0.3 is 5.97 Å². The number of anilines is 2. The van der Waals surface area contributed by atoms with Crippen LogP contribution < -0.4 is 10.0 Å². The highest BCUT2D eigenvalue weighted by molar-refractivity contribution is 7.92. The number of thiophene rings is 1. The predicted octanol–water partition coefficient (Wildman–Crippen LogP) is 5.91. The largest absolute Gasteiger partial charge is 0.465 e. The average Bonchev–Trinajstić information content (AvgIpc) is 3.28. The smallest absolute Gasteiger partial charge is 0.350 e. The first-order chi connectivity index (χ1) is 16.8. The number of methoxy groups -OCH3 is 1. The number of carbonyl (C=O) groups excluding carboxylic acids is 2. The Morgan fingerprint density at radius 1 is 0.886 bits per heavy atom. The van der Waals surface area contributed by atoms with Crippen molar-refractivity contribution in [2.24, 2.45) is 0 Å². The summed E-state index contributed by atoms with van der Waals surface area (Å²) in [5, 5.41) is 3.12. The molecule has 4 aromatic rings. The summed E-state index contributed by atoms with van der Waals surface area (Å²) in [7, 11) is -2.72. The van der Waals surface area contributed by atoms with Crippen molar-refractivity contribution in [3.63, 3.8) is 0 Å². The van der Waals surface area contributed by atoms with E-state index in [1.54, 1.807) is 18.2 Å². The van der Waals surface area contributed by atoms with Crippen LogP contribution in [0.15, 0.2) is 89.8 Å². The summed E-state index contributed by atoms with van der Waals surface area (Å²) in [6, 6.07) is 22.9. The fraction of sp³-hybridized carbons (Fsp3) is 0.0400. The Labute approximate surface area is 211 Å². The van der Waals surface area contributed by atoms with E-state index in [0.29, 0.717) is 5.02 Å². The molecule has 0 unspecified atom stereocenters. The Hall–Kier alpha value is -3.66. The lowest BCUT2D eigenvalue weighted by Crippen LogP contribution is -2.19. The van der Waals surface area contributed by atoms with Crippen molar-refractivity contribution in [1.82, 2.24) is 0 Å². The number of para-hydroxylation sites is 1. The number of amides is 1. The first kappa shape index (κ1) is 24.5. The van der Waals surface area contributed by atoms with E-state index in [-0.39, 0.29) is 26.7 Å². The fourth-order valence-corrected chi connectivity index (χ4v) is 5.49. The van der Waals surface area contributed by atoms with Crippen molar-refractivity contribution in [1.29, 1.82) is 0 Å². The third-order valence-corrected chi connectivity index (χ3v) is 7.75. The number of sulfonamides is 1. The summed E-state index contributed by atoms with van der Waals surface area (Å²) in [4.78, 5) is 26.5. The molecule has 35 heavy (non-hydrogen) atoms. The molecule has 0 saturated carbocycles. The van der Waals surface area contributed by atoms with Gasteiger partial charge in [0.15, 0.2) is 0 Å². The molecular weight excluding hydrogens is 508 g/mol. The van der Waals surface area contributed by atoms with Gasteiger partial charge in [-0.25, -0.2) is 13.2 Å². The fourth-order valence-electron chi connectivity index (χ4n) is 3.25. The zero-order valence-electron chi connectivity index (χ0n) is 18.3. The van der Waals surface area contributed by atoms with E-state index in [1.165, 1.54) is 54.8 Å². The monoisotopic (exact) mass is 526 g/mol. The van der Waals surface area contributed by atoms with E-state index >= 15 is 0 Å². The molecule has 4 rings (SSSR count). The van der Waals surface area contributed by atoms with Crippen LogP contribution in [-0.4, -0.2) is 27.4 Å². The second-order valence-electron chi connectivity index (χ2n) is 7.27. The van der Waals surface area contributed by atoms with Crippen LogP contribution in [0.3, 0.4) is 0 Å². The first-order valence-electron chi connectivity index (χ1n) is 10.2. The molecule has 178 valence electrons. The lowest BCUT2D eigenvalue weighted by Gasteiger charge is -2.13. The highest BCUT2D eigenvalue weighted by Gasteiger charge is 2.23. The Bertz CT molecular complexity index is 1480. The molecule has 0 aliphatic rings. The van der Waals surface area contributed by atoms with Gasteiger partial charge in [0.25, 0.3) is 15.9 Å². The van der Waals surface area contributed by atoms with Gasteiger partial charge in [-0.2, -0.15) is 0 Å². The maximum atomic E-state index is 13.2.